The van der Waals surface area contributed by atoms with Crippen LogP contribution in [0.4, 0.5) is 0 Å². The second-order valence-electron chi connectivity index (χ2n) is 4.78. The van der Waals surface area contributed by atoms with E-state index in [9.17, 15) is 0 Å². The Morgan fingerprint density at radius 3 is 2.13 bits per heavy atom. The quantitative estimate of drug-likeness (QED) is 0.403. The van der Waals surface area contributed by atoms with E-state index >= 15 is 0 Å². The molecule has 114 valence electrons. The van der Waals surface area contributed by atoms with E-state index in [2.05, 4.69) is 10.2 Å². The van der Waals surface area contributed by atoms with Crippen LogP contribution in [0.5, 0.6) is 0 Å². The summed E-state index contributed by atoms with van der Waals surface area (Å²) < 4.78 is 3.64. The normalized spacial score (nSPS) is 11.5. The van der Waals surface area contributed by atoms with Crippen LogP contribution in [0, 0.1) is 0 Å². The first-order valence-corrected chi connectivity index (χ1v) is 8.45. The molecule has 4 nitrogen and oxygen atoms in total. The van der Waals surface area contributed by atoms with E-state index in [0.29, 0.717) is 0 Å². The Morgan fingerprint density at radius 1 is 0.913 bits per heavy atom. The zero-order valence-electron chi connectivity index (χ0n) is 12.8. The largest absolute Gasteiger partial charge is 0.368 e. The highest BCUT2D eigenvalue weighted by Crippen LogP contribution is 2.10. The molecular formula is C18H17N4S+. The highest BCUT2D eigenvalue weighted by molar-refractivity contribution is 7.98. The SMILES string of the molecule is CSc1n(N=Cc2ccccc2)cc[n+]1N=Cc1ccccc1. The van der Waals surface area contributed by atoms with E-state index < -0.39 is 0 Å². The highest BCUT2D eigenvalue weighted by Gasteiger charge is 2.15. The molecule has 0 aliphatic carbocycles. The summed E-state index contributed by atoms with van der Waals surface area (Å²) >= 11 is 1.60. The fourth-order valence-electron chi connectivity index (χ4n) is 2.06. The molecule has 0 N–H and O–H groups in total. The summed E-state index contributed by atoms with van der Waals surface area (Å²) in [5.74, 6) is 0. The number of aromatic nitrogens is 2. The van der Waals surface area contributed by atoms with Gasteiger partial charge in [0, 0.05) is 0 Å². The zero-order chi connectivity index (χ0) is 15.9. The van der Waals surface area contributed by atoms with Crippen LogP contribution in [-0.4, -0.2) is 23.4 Å². The van der Waals surface area contributed by atoms with Crippen molar-refractivity contribution in [3.63, 3.8) is 0 Å². The minimum Gasteiger partial charge on any atom is -0.0932 e. The van der Waals surface area contributed by atoms with Crippen molar-refractivity contribution in [3.8, 4) is 0 Å². The Labute approximate surface area is 139 Å². The molecule has 0 fully saturated rings. The molecule has 0 bridgehead atoms. The first kappa shape index (κ1) is 15.2. The van der Waals surface area contributed by atoms with Crippen LogP contribution in [0.15, 0.2) is 88.4 Å². The third-order valence-corrected chi connectivity index (χ3v) is 3.92. The van der Waals surface area contributed by atoms with Gasteiger partial charge in [0.1, 0.15) is 0 Å². The van der Waals surface area contributed by atoms with Crippen molar-refractivity contribution in [2.75, 3.05) is 6.26 Å². The number of imidazole rings is 1. The van der Waals surface area contributed by atoms with Crippen LogP contribution in [0.1, 0.15) is 11.1 Å². The highest BCUT2D eigenvalue weighted by atomic mass is 32.2. The Kier molecular flexibility index (Phi) is 5.01. The average Bonchev–Trinajstić information content (AvgIpc) is 3.02. The average molecular weight is 321 g/mol. The summed E-state index contributed by atoms with van der Waals surface area (Å²) in [6.07, 6.45) is 9.48. The summed E-state index contributed by atoms with van der Waals surface area (Å²) in [5.41, 5.74) is 2.13. The molecule has 0 unspecified atom stereocenters. The van der Waals surface area contributed by atoms with Gasteiger partial charge in [-0.25, -0.2) is 0 Å². The van der Waals surface area contributed by atoms with Gasteiger partial charge in [-0.15, -0.1) is 0 Å². The topological polar surface area (TPSA) is 33.5 Å². The number of rotatable bonds is 5. The molecule has 0 aliphatic heterocycles. The summed E-state index contributed by atoms with van der Waals surface area (Å²) in [6.45, 7) is 0. The van der Waals surface area contributed by atoms with Crippen LogP contribution < -0.4 is 4.68 Å². The number of nitrogens with zero attached hydrogens (tertiary/aromatic N) is 4. The molecular weight excluding hydrogens is 304 g/mol. The summed E-state index contributed by atoms with van der Waals surface area (Å²) in [6, 6.07) is 20.1. The zero-order valence-corrected chi connectivity index (χ0v) is 13.6. The fraction of sp³-hybridized carbons (Fsp3) is 0.0556. The molecule has 0 amide bonds. The van der Waals surface area contributed by atoms with E-state index in [1.807, 2.05) is 101 Å². The number of hydrogen-bond acceptors (Lipinski definition) is 3. The minimum absolute atomic E-state index is 0.935. The van der Waals surface area contributed by atoms with Crippen LogP contribution in [0.2, 0.25) is 0 Å². The van der Waals surface area contributed by atoms with Crippen LogP contribution in [0.3, 0.4) is 0 Å². The molecule has 3 aromatic rings. The Morgan fingerprint density at radius 2 is 1.52 bits per heavy atom. The second-order valence-corrected chi connectivity index (χ2v) is 5.56. The molecule has 0 saturated heterocycles. The van der Waals surface area contributed by atoms with Gasteiger partial charge < -0.3 is 0 Å². The van der Waals surface area contributed by atoms with E-state index in [1.54, 1.807) is 11.8 Å². The van der Waals surface area contributed by atoms with Gasteiger partial charge in [0.05, 0.1) is 12.4 Å². The van der Waals surface area contributed by atoms with Crippen molar-refractivity contribution in [1.29, 1.82) is 0 Å². The molecule has 0 atom stereocenters. The lowest BCUT2D eigenvalue weighted by Crippen LogP contribution is -2.28. The molecule has 1 heterocycles. The maximum atomic E-state index is 4.50. The van der Waals surface area contributed by atoms with Gasteiger partial charge in [-0.1, -0.05) is 80.2 Å². The van der Waals surface area contributed by atoms with Gasteiger partial charge in [0.2, 0.25) is 0 Å². The third-order valence-electron chi connectivity index (χ3n) is 3.19. The van der Waals surface area contributed by atoms with Gasteiger partial charge >= 0.3 is 5.16 Å². The fourth-order valence-corrected chi connectivity index (χ4v) is 2.65. The van der Waals surface area contributed by atoms with Crippen molar-refractivity contribution in [2.45, 2.75) is 5.16 Å². The maximum absolute atomic E-state index is 4.50. The summed E-state index contributed by atoms with van der Waals surface area (Å²) in [4.78, 5) is 0. The molecule has 0 spiro atoms. The Hall–Kier alpha value is -2.66. The summed E-state index contributed by atoms with van der Waals surface area (Å²) in [5, 5.41) is 9.93. The lowest BCUT2D eigenvalue weighted by molar-refractivity contribution is -0.715. The van der Waals surface area contributed by atoms with Crippen molar-refractivity contribution >= 4 is 24.2 Å². The van der Waals surface area contributed by atoms with Crippen molar-refractivity contribution in [3.05, 3.63) is 84.2 Å². The molecule has 0 saturated carbocycles. The Balaban J connectivity index is 1.82. The third kappa shape index (κ3) is 3.96. The standard InChI is InChI=1S/C18H17N4S/c1-23-18-21(19-14-16-8-4-2-5-9-16)12-13-22(18)20-15-17-10-6-3-7-11-17/h2-15H,1H3/q+1. The van der Waals surface area contributed by atoms with E-state index in [1.165, 1.54) is 0 Å². The van der Waals surface area contributed by atoms with Gasteiger partial charge in [-0.05, 0) is 29.1 Å². The molecule has 23 heavy (non-hydrogen) atoms. The van der Waals surface area contributed by atoms with Crippen LogP contribution >= 0.6 is 11.8 Å². The molecule has 3 rings (SSSR count). The second kappa shape index (κ2) is 7.56. The number of hydrogen-bond donors (Lipinski definition) is 0. The van der Waals surface area contributed by atoms with Crippen LogP contribution in [-0.2, 0) is 0 Å². The van der Waals surface area contributed by atoms with Gasteiger partial charge in [-0.3, -0.25) is 0 Å². The van der Waals surface area contributed by atoms with Crippen molar-refractivity contribution in [2.24, 2.45) is 10.2 Å². The monoisotopic (exact) mass is 321 g/mol. The first-order chi connectivity index (χ1) is 11.4. The molecule has 5 heteroatoms. The van der Waals surface area contributed by atoms with Crippen molar-refractivity contribution in [1.82, 2.24) is 4.68 Å². The molecule has 0 aliphatic rings. The van der Waals surface area contributed by atoms with Crippen LogP contribution in [0.25, 0.3) is 0 Å². The summed E-state index contributed by atoms with van der Waals surface area (Å²) in [7, 11) is 0. The van der Waals surface area contributed by atoms with Crippen molar-refractivity contribution < 1.29 is 4.68 Å². The smallest absolute Gasteiger partial charge is 0.0932 e. The van der Waals surface area contributed by atoms with E-state index in [-0.39, 0.29) is 0 Å². The maximum Gasteiger partial charge on any atom is 0.368 e. The number of benzene rings is 2. The lowest BCUT2D eigenvalue weighted by atomic mass is 10.2. The van der Waals surface area contributed by atoms with E-state index in [0.717, 1.165) is 16.3 Å². The minimum atomic E-state index is 0.935. The Bertz CT molecular complexity index is 741. The molecule has 0 radical (unpaired) electrons. The van der Waals surface area contributed by atoms with E-state index in [4.69, 9.17) is 0 Å². The van der Waals surface area contributed by atoms with Gasteiger partial charge in [-0.2, -0.15) is 0 Å². The number of thioether (sulfide) groups is 1. The first-order valence-electron chi connectivity index (χ1n) is 7.22. The van der Waals surface area contributed by atoms with Gasteiger partial charge in [0.15, 0.2) is 12.4 Å². The van der Waals surface area contributed by atoms with Gasteiger partial charge in [0.25, 0.3) is 0 Å². The lowest BCUT2D eigenvalue weighted by Gasteiger charge is -1.93. The predicted molar refractivity (Wildman–Crippen MR) is 95.3 cm³/mol. The molecule has 1 aromatic heterocycles. The predicted octanol–water partition coefficient (Wildman–Crippen LogP) is 3.26. The molecule has 2 aromatic carbocycles.